The van der Waals surface area contributed by atoms with Crippen molar-refractivity contribution in [3.8, 4) is 0 Å². The third-order valence-electron chi connectivity index (χ3n) is 4.40. The Labute approximate surface area is 188 Å². The average Bonchev–Trinajstić information content (AvgIpc) is 2.73. The van der Waals surface area contributed by atoms with Crippen LogP contribution in [0.25, 0.3) is 0 Å². The number of carboxylic acid groups (broad SMARTS) is 1. The molecule has 1 N–H and O–H groups in total. The van der Waals surface area contributed by atoms with Crippen molar-refractivity contribution < 1.29 is 40.3 Å². The van der Waals surface area contributed by atoms with Crippen LogP contribution in [0.15, 0.2) is 59.6 Å². The number of nitrogens with zero attached hydrogens (tertiary/aromatic N) is 2. The fourth-order valence-electron chi connectivity index (χ4n) is 2.74. The molecule has 0 fully saturated rings. The molecule has 0 atom stereocenters. The Morgan fingerprint density at radius 1 is 1.06 bits per heavy atom. The molecule has 174 valence electrons. The minimum atomic E-state index is -4.81. The van der Waals surface area contributed by atoms with Crippen LogP contribution in [0.4, 0.5) is 27.8 Å². The summed E-state index contributed by atoms with van der Waals surface area (Å²) in [5.41, 5.74) is -1.79. The molecule has 1 heterocycles. The first kappa shape index (κ1) is 24.4. The number of carboxylic acids is 1. The summed E-state index contributed by atoms with van der Waals surface area (Å²) in [5, 5.41) is 8.29. The number of alkyl halides is 3. The largest absolute Gasteiger partial charge is 0.478 e. The summed E-state index contributed by atoms with van der Waals surface area (Å²) in [6.45, 7) is -0.798. The maximum atomic E-state index is 14.3. The molecule has 0 bridgehead atoms. The fourth-order valence-corrected chi connectivity index (χ4v) is 4.48. The standard InChI is InChI=1S/C20H12ClF5N2O4S/c21-16-7-13(20(24,25)26)9-27-18(16)28(10-12-1-4-14(22)8-17(12)23)33(31,32)15-5-2-11(3-6-15)19(29)30/h1-9H,10H2,(H,29,30). The van der Waals surface area contributed by atoms with Crippen molar-refractivity contribution in [3.05, 3.63) is 88.1 Å². The number of hydrogen-bond acceptors (Lipinski definition) is 4. The van der Waals surface area contributed by atoms with Crippen LogP contribution in [0, 0.1) is 11.6 Å². The van der Waals surface area contributed by atoms with E-state index >= 15 is 0 Å². The topological polar surface area (TPSA) is 87.6 Å². The summed E-state index contributed by atoms with van der Waals surface area (Å²) >= 11 is 5.92. The molecular weight excluding hydrogens is 495 g/mol. The van der Waals surface area contributed by atoms with Gasteiger partial charge in [-0.05, 0) is 36.4 Å². The highest BCUT2D eigenvalue weighted by molar-refractivity contribution is 7.92. The zero-order valence-corrected chi connectivity index (χ0v) is 17.7. The quantitative estimate of drug-likeness (QED) is 0.469. The van der Waals surface area contributed by atoms with Gasteiger partial charge in [-0.3, -0.25) is 0 Å². The Morgan fingerprint density at radius 2 is 1.70 bits per heavy atom. The van der Waals surface area contributed by atoms with Crippen LogP contribution < -0.4 is 4.31 Å². The van der Waals surface area contributed by atoms with E-state index in [0.29, 0.717) is 22.6 Å². The van der Waals surface area contributed by atoms with E-state index < -0.39 is 61.6 Å². The summed E-state index contributed by atoms with van der Waals surface area (Å²) < 4.78 is 93.5. The van der Waals surface area contributed by atoms with Gasteiger partial charge in [0.05, 0.1) is 27.6 Å². The highest BCUT2D eigenvalue weighted by Crippen LogP contribution is 2.36. The highest BCUT2D eigenvalue weighted by atomic mass is 35.5. The number of sulfonamides is 1. The van der Waals surface area contributed by atoms with Gasteiger partial charge in [0.2, 0.25) is 0 Å². The number of benzene rings is 2. The molecule has 0 aliphatic carbocycles. The molecule has 0 amide bonds. The Bertz CT molecular complexity index is 1320. The lowest BCUT2D eigenvalue weighted by Gasteiger charge is -2.25. The summed E-state index contributed by atoms with van der Waals surface area (Å²) in [4.78, 5) is 14.1. The molecule has 0 aliphatic heterocycles. The van der Waals surface area contributed by atoms with Gasteiger partial charge in [0.15, 0.2) is 5.82 Å². The molecule has 1 aromatic heterocycles. The van der Waals surface area contributed by atoms with Crippen LogP contribution in [-0.4, -0.2) is 24.5 Å². The van der Waals surface area contributed by atoms with E-state index in [1.807, 2.05) is 0 Å². The molecule has 33 heavy (non-hydrogen) atoms. The molecule has 0 saturated carbocycles. The van der Waals surface area contributed by atoms with Crippen molar-refractivity contribution in [3.63, 3.8) is 0 Å². The molecule has 0 saturated heterocycles. The van der Waals surface area contributed by atoms with E-state index in [1.165, 1.54) is 0 Å². The number of anilines is 1. The van der Waals surface area contributed by atoms with E-state index in [0.717, 1.165) is 36.4 Å². The smallest absolute Gasteiger partial charge is 0.417 e. The van der Waals surface area contributed by atoms with Crippen LogP contribution in [0.1, 0.15) is 21.5 Å². The number of aromatic nitrogens is 1. The molecule has 0 radical (unpaired) electrons. The minimum Gasteiger partial charge on any atom is -0.478 e. The van der Waals surface area contributed by atoms with Crippen molar-refractivity contribution in [2.24, 2.45) is 0 Å². The van der Waals surface area contributed by atoms with E-state index in [4.69, 9.17) is 16.7 Å². The van der Waals surface area contributed by atoms with Crippen molar-refractivity contribution >= 4 is 33.4 Å². The second-order valence-electron chi connectivity index (χ2n) is 6.60. The van der Waals surface area contributed by atoms with Crippen LogP contribution in [0.2, 0.25) is 5.02 Å². The normalized spacial score (nSPS) is 11.9. The van der Waals surface area contributed by atoms with Crippen LogP contribution in [0.5, 0.6) is 0 Å². The predicted octanol–water partition coefficient (Wildman–Crippen LogP) is 5.13. The molecular formula is C20H12ClF5N2O4S. The lowest BCUT2D eigenvalue weighted by Crippen LogP contribution is -2.32. The van der Waals surface area contributed by atoms with E-state index in [9.17, 15) is 35.2 Å². The van der Waals surface area contributed by atoms with Gasteiger partial charge in [0.1, 0.15) is 11.6 Å². The maximum absolute atomic E-state index is 14.3. The maximum Gasteiger partial charge on any atom is 0.417 e. The molecule has 6 nitrogen and oxygen atoms in total. The monoisotopic (exact) mass is 506 g/mol. The first-order chi connectivity index (χ1) is 15.3. The first-order valence-electron chi connectivity index (χ1n) is 8.83. The number of hydrogen-bond donors (Lipinski definition) is 1. The van der Waals surface area contributed by atoms with Crippen molar-refractivity contribution in [1.82, 2.24) is 4.98 Å². The summed E-state index contributed by atoms with van der Waals surface area (Å²) in [6.07, 6.45) is -4.45. The Hall–Kier alpha value is -3.25. The molecule has 0 spiro atoms. The fraction of sp³-hybridized carbons (Fsp3) is 0.100. The Balaban J connectivity index is 2.15. The average molecular weight is 507 g/mol. The highest BCUT2D eigenvalue weighted by Gasteiger charge is 2.34. The molecule has 13 heteroatoms. The van der Waals surface area contributed by atoms with Gasteiger partial charge in [-0.1, -0.05) is 17.7 Å². The second kappa shape index (κ2) is 8.94. The van der Waals surface area contributed by atoms with Gasteiger partial charge in [0.25, 0.3) is 10.0 Å². The first-order valence-corrected chi connectivity index (χ1v) is 10.7. The third kappa shape index (κ3) is 5.22. The number of carbonyl (C=O) groups is 1. The Kier molecular flexibility index (Phi) is 6.61. The lowest BCUT2D eigenvalue weighted by atomic mass is 10.2. The van der Waals surface area contributed by atoms with Crippen molar-refractivity contribution in [1.29, 1.82) is 0 Å². The van der Waals surface area contributed by atoms with Gasteiger partial charge in [0, 0.05) is 17.8 Å². The predicted molar refractivity (Wildman–Crippen MR) is 107 cm³/mol. The van der Waals surface area contributed by atoms with E-state index in [1.54, 1.807) is 0 Å². The van der Waals surface area contributed by atoms with Gasteiger partial charge >= 0.3 is 12.1 Å². The second-order valence-corrected chi connectivity index (χ2v) is 8.87. The van der Waals surface area contributed by atoms with Crippen molar-refractivity contribution in [2.45, 2.75) is 17.6 Å². The lowest BCUT2D eigenvalue weighted by molar-refractivity contribution is -0.137. The van der Waals surface area contributed by atoms with E-state index in [-0.39, 0.29) is 11.1 Å². The SMILES string of the molecule is O=C(O)c1ccc(S(=O)(=O)N(Cc2ccc(F)cc2F)c2ncc(C(F)(F)F)cc2Cl)cc1. The van der Waals surface area contributed by atoms with Crippen LogP contribution >= 0.6 is 11.6 Å². The zero-order chi connectivity index (χ0) is 24.6. The molecule has 2 aromatic carbocycles. The third-order valence-corrected chi connectivity index (χ3v) is 6.43. The van der Waals surface area contributed by atoms with E-state index in [2.05, 4.69) is 4.98 Å². The van der Waals surface area contributed by atoms with Gasteiger partial charge in [-0.25, -0.2) is 31.3 Å². The summed E-state index contributed by atoms with van der Waals surface area (Å²) in [5.74, 6) is -4.01. The van der Waals surface area contributed by atoms with Crippen LogP contribution in [0.3, 0.4) is 0 Å². The van der Waals surface area contributed by atoms with Gasteiger partial charge in [-0.15, -0.1) is 0 Å². The summed E-state index contributed by atoms with van der Waals surface area (Å²) in [6, 6.07) is 6.67. The molecule has 3 aromatic rings. The van der Waals surface area contributed by atoms with Crippen molar-refractivity contribution in [2.75, 3.05) is 4.31 Å². The Morgan fingerprint density at radius 3 is 2.21 bits per heavy atom. The zero-order valence-electron chi connectivity index (χ0n) is 16.1. The number of rotatable bonds is 6. The van der Waals surface area contributed by atoms with Gasteiger partial charge < -0.3 is 5.11 Å². The number of pyridine rings is 1. The number of aromatic carboxylic acids is 1. The molecule has 3 rings (SSSR count). The van der Waals surface area contributed by atoms with Gasteiger partial charge in [-0.2, -0.15) is 13.2 Å². The number of halogens is 6. The van der Waals surface area contributed by atoms with Crippen LogP contribution in [-0.2, 0) is 22.7 Å². The molecule has 0 aliphatic rings. The summed E-state index contributed by atoms with van der Waals surface area (Å²) in [7, 11) is -4.64. The minimum absolute atomic E-state index is 0.226. The molecule has 0 unspecified atom stereocenters.